The summed E-state index contributed by atoms with van der Waals surface area (Å²) in [7, 11) is 0. The van der Waals surface area contributed by atoms with Crippen LogP contribution in [0.3, 0.4) is 0 Å². The van der Waals surface area contributed by atoms with Crippen LogP contribution in [-0.4, -0.2) is 6.54 Å². The molecule has 1 saturated heterocycles. The molecule has 1 heterocycles. The molecule has 1 unspecified atom stereocenters. The number of nitrogens with zero attached hydrogens (tertiary/aromatic N) is 1. The van der Waals surface area contributed by atoms with Gasteiger partial charge in [0.2, 0.25) is 0 Å². The fourth-order valence-electron chi connectivity index (χ4n) is 2.04. The van der Waals surface area contributed by atoms with Crippen LogP contribution in [0.25, 0.3) is 0 Å². The molecule has 2 rings (SSSR count). The predicted molar refractivity (Wildman–Crippen MR) is 55.6 cm³/mol. The van der Waals surface area contributed by atoms with Gasteiger partial charge in [0, 0.05) is 6.04 Å². The zero-order valence-electron chi connectivity index (χ0n) is 8.63. The maximum atomic E-state index is 13.2. The highest BCUT2D eigenvalue weighted by molar-refractivity contribution is 5.35. The number of halogens is 1. The molecule has 0 amide bonds. The Balaban J connectivity index is 2.29. The Labute approximate surface area is 88.7 Å². The first-order valence-corrected chi connectivity index (χ1v) is 5.13. The van der Waals surface area contributed by atoms with E-state index in [2.05, 4.69) is 12.2 Å². The summed E-state index contributed by atoms with van der Waals surface area (Å²) >= 11 is 0. The topological polar surface area (TPSA) is 35.8 Å². The van der Waals surface area contributed by atoms with E-state index in [0.29, 0.717) is 11.5 Å². The molecule has 1 fully saturated rings. The first-order chi connectivity index (χ1) is 7.19. The molecule has 0 radical (unpaired) electrons. The highest BCUT2D eigenvalue weighted by Crippen LogP contribution is 2.27. The lowest BCUT2D eigenvalue weighted by molar-refractivity contribution is 0.593. The Hall–Kier alpha value is -1.40. The molecule has 2 atom stereocenters. The van der Waals surface area contributed by atoms with Crippen LogP contribution in [0.1, 0.15) is 30.5 Å². The number of rotatable bonds is 1. The molecule has 0 saturated carbocycles. The van der Waals surface area contributed by atoms with E-state index in [1.807, 2.05) is 6.07 Å². The van der Waals surface area contributed by atoms with Crippen LogP contribution in [0.5, 0.6) is 0 Å². The van der Waals surface area contributed by atoms with Crippen LogP contribution >= 0.6 is 0 Å². The van der Waals surface area contributed by atoms with Crippen LogP contribution in [0.2, 0.25) is 0 Å². The van der Waals surface area contributed by atoms with Gasteiger partial charge < -0.3 is 5.32 Å². The number of benzene rings is 1. The SMILES string of the molecule is C[C@@H]1CNC(c2cc(F)cc(C#N)c2)C1. The van der Waals surface area contributed by atoms with E-state index in [1.165, 1.54) is 12.1 Å². The molecule has 0 aliphatic carbocycles. The number of hydrogen-bond acceptors (Lipinski definition) is 2. The first kappa shape index (κ1) is 10.1. The zero-order valence-corrected chi connectivity index (χ0v) is 8.63. The highest BCUT2D eigenvalue weighted by atomic mass is 19.1. The molecule has 1 aliphatic heterocycles. The van der Waals surface area contributed by atoms with Gasteiger partial charge in [-0.3, -0.25) is 0 Å². The summed E-state index contributed by atoms with van der Waals surface area (Å²) < 4.78 is 13.2. The van der Waals surface area contributed by atoms with E-state index >= 15 is 0 Å². The molecule has 1 N–H and O–H groups in total. The average molecular weight is 204 g/mol. The minimum atomic E-state index is -0.328. The Morgan fingerprint density at radius 1 is 1.47 bits per heavy atom. The lowest BCUT2D eigenvalue weighted by Crippen LogP contribution is -2.13. The van der Waals surface area contributed by atoms with E-state index in [0.717, 1.165) is 18.5 Å². The minimum Gasteiger partial charge on any atom is -0.310 e. The molecule has 3 heteroatoms. The Kier molecular flexibility index (Phi) is 2.70. The summed E-state index contributed by atoms with van der Waals surface area (Å²) in [4.78, 5) is 0. The van der Waals surface area contributed by atoms with Crippen molar-refractivity contribution in [3.63, 3.8) is 0 Å². The molecule has 1 aliphatic rings. The van der Waals surface area contributed by atoms with Crippen molar-refractivity contribution in [1.82, 2.24) is 5.32 Å². The Bertz CT molecular complexity index is 409. The van der Waals surface area contributed by atoms with Crippen molar-refractivity contribution < 1.29 is 4.39 Å². The van der Waals surface area contributed by atoms with Gasteiger partial charge >= 0.3 is 0 Å². The van der Waals surface area contributed by atoms with E-state index in [9.17, 15) is 4.39 Å². The molecule has 78 valence electrons. The molecule has 2 nitrogen and oxygen atoms in total. The van der Waals surface area contributed by atoms with Crippen LogP contribution in [0, 0.1) is 23.1 Å². The van der Waals surface area contributed by atoms with Crippen molar-refractivity contribution >= 4 is 0 Å². The maximum Gasteiger partial charge on any atom is 0.124 e. The van der Waals surface area contributed by atoms with Crippen molar-refractivity contribution in [2.75, 3.05) is 6.54 Å². The van der Waals surface area contributed by atoms with Crippen molar-refractivity contribution in [2.24, 2.45) is 5.92 Å². The number of hydrogen-bond donors (Lipinski definition) is 1. The van der Waals surface area contributed by atoms with Crippen LogP contribution in [-0.2, 0) is 0 Å². The first-order valence-electron chi connectivity index (χ1n) is 5.13. The minimum absolute atomic E-state index is 0.197. The van der Waals surface area contributed by atoms with Gasteiger partial charge in [-0.15, -0.1) is 0 Å². The molecule has 1 aromatic carbocycles. The molecular weight excluding hydrogens is 191 g/mol. The summed E-state index contributed by atoms with van der Waals surface area (Å²) in [5.74, 6) is 0.286. The normalized spacial score (nSPS) is 25.1. The third-order valence-corrected chi connectivity index (χ3v) is 2.80. The molecule has 1 aromatic rings. The second-order valence-electron chi connectivity index (χ2n) is 4.19. The van der Waals surface area contributed by atoms with Gasteiger partial charge in [0.1, 0.15) is 5.82 Å². The van der Waals surface area contributed by atoms with Crippen LogP contribution in [0.15, 0.2) is 18.2 Å². The van der Waals surface area contributed by atoms with Gasteiger partial charge in [-0.2, -0.15) is 5.26 Å². The summed E-state index contributed by atoms with van der Waals surface area (Å²) in [6.07, 6.45) is 1.01. The van der Waals surface area contributed by atoms with Crippen LogP contribution in [0.4, 0.5) is 4.39 Å². The van der Waals surface area contributed by atoms with Gasteiger partial charge in [-0.05, 0) is 42.6 Å². The van der Waals surface area contributed by atoms with Crippen molar-refractivity contribution in [1.29, 1.82) is 5.26 Å². The van der Waals surface area contributed by atoms with Crippen LogP contribution < -0.4 is 5.32 Å². The number of nitrogens with one attached hydrogen (secondary N) is 1. The van der Waals surface area contributed by atoms with Gasteiger partial charge in [0.05, 0.1) is 11.6 Å². The fraction of sp³-hybridized carbons (Fsp3) is 0.417. The maximum absolute atomic E-state index is 13.2. The second kappa shape index (κ2) is 4.00. The molecule has 0 aromatic heterocycles. The van der Waals surface area contributed by atoms with Gasteiger partial charge in [-0.25, -0.2) is 4.39 Å². The van der Waals surface area contributed by atoms with E-state index in [-0.39, 0.29) is 11.9 Å². The highest BCUT2D eigenvalue weighted by Gasteiger charge is 2.22. The van der Waals surface area contributed by atoms with E-state index < -0.39 is 0 Å². The van der Waals surface area contributed by atoms with Gasteiger partial charge in [0.15, 0.2) is 0 Å². The monoisotopic (exact) mass is 204 g/mol. The summed E-state index contributed by atoms with van der Waals surface area (Å²) in [5.41, 5.74) is 1.28. The van der Waals surface area contributed by atoms with Gasteiger partial charge in [0.25, 0.3) is 0 Å². The lowest BCUT2D eigenvalue weighted by atomic mass is 9.99. The lowest BCUT2D eigenvalue weighted by Gasteiger charge is -2.10. The molecular formula is C12H13FN2. The van der Waals surface area contributed by atoms with Gasteiger partial charge in [-0.1, -0.05) is 6.92 Å². The second-order valence-corrected chi connectivity index (χ2v) is 4.19. The summed E-state index contributed by atoms with van der Waals surface area (Å²) in [6, 6.07) is 6.71. The quantitative estimate of drug-likeness (QED) is 0.762. The van der Waals surface area contributed by atoms with Crippen molar-refractivity contribution in [3.05, 3.63) is 35.1 Å². The van der Waals surface area contributed by atoms with E-state index in [4.69, 9.17) is 5.26 Å². The summed E-state index contributed by atoms with van der Waals surface area (Å²) in [5, 5.41) is 12.1. The van der Waals surface area contributed by atoms with E-state index in [1.54, 1.807) is 6.07 Å². The number of nitriles is 1. The molecule has 0 spiro atoms. The Morgan fingerprint density at radius 3 is 2.87 bits per heavy atom. The van der Waals surface area contributed by atoms with Crippen molar-refractivity contribution in [2.45, 2.75) is 19.4 Å². The largest absolute Gasteiger partial charge is 0.310 e. The fourth-order valence-corrected chi connectivity index (χ4v) is 2.04. The smallest absolute Gasteiger partial charge is 0.124 e. The average Bonchev–Trinajstić information content (AvgIpc) is 2.64. The predicted octanol–water partition coefficient (Wildman–Crippen LogP) is 2.37. The summed E-state index contributed by atoms with van der Waals surface area (Å²) in [6.45, 7) is 3.13. The zero-order chi connectivity index (χ0) is 10.8. The molecule has 0 bridgehead atoms. The van der Waals surface area contributed by atoms with Crippen molar-refractivity contribution in [3.8, 4) is 6.07 Å². The standard InChI is InChI=1S/C12H13FN2/c1-8-2-12(15-7-8)10-3-9(6-14)4-11(13)5-10/h3-5,8,12,15H,2,7H2,1H3/t8-,12?/m0/s1. The Morgan fingerprint density at radius 2 is 2.27 bits per heavy atom. The third-order valence-electron chi connectivity index (χ3n) is 2.80. The molecule has 15 heavy (non-hydrogen) atoms. The third kappa shape index (κ3) is 2.16.